The molecule has 1 aliphatic heterocycles. The van der Waals surface area contributed by atoms with Crippen LogP contribution in [0.4, 0.5) is 4.79 Å². The first-order valence-electron chi connectivity index (χ1n) is 8.26. The Hall–Kier alpha value is -1.75. The minimum Gasteiger partial charge on any atom is -0.493 e. The summed E-state index contributed by atoms with van der Waals surface area (Å²) in [4.78, 5) is 14.2. The Morgan fingerprint density at radius 2 is 2.13 bits per heavy atom. The average molecular weight is 320 g/mol. The fourth-order valence-corrected chi connectivity index (χ4v) is 2.85. The molecule has 0 radical (unpaired) electrons. The summed E-state index contributed by atoms with van der Waals surface area (Å²) < 4.78 is 5.66. The molecule has 0 aromatic heterocycles. The van der Waals surface area contributed by atoms with Crippen molar-refractivity contribution in [3.05, 3.63) is 29.8 Å². The number of benzene rings is 1. The van der Waals surface area contributed by atoms with Gasteiger partial charge in [0, 0.05) is 18.5 Å². The van der Waals surface area contributed by atoms with Crippen molar-refractivity contribution in [2.24, 2.45) is 0 Å². The molecule has 128 valence electrons. The number of fused-ring (bicyclic) bond motifs is 1. The molecule has 1 heterocycles. The molecule has 1 aromatic carbocycles. The van der Waals surface area contributed by atoms with Gasteiger partial charge in [0.15, 0.2) is 0 Å². The van der Waals surface area contributed by atoms with Gasteiger partial charge in [0.1, 0.15) is 5.75 Å². The van der Waals surface area contributed by atoms with Crippen LogP contribution in [-0.2, 0) is 0 Å². The van der Waals surface area contributed by atoms with E-state index in [2.05, 4.69) is 11.4 Å². The van der Waals surface area contributed by atoms with Crippen molar-refractivity contribution in [2.75, 3.05) is 19.7 Å². The van der Waals surface area contributed by atoms with Gasteiger partial charge in [-0.1, -0.05) is 18.2 Å². The lowest BCUT2D eigenvalue weighted by molar-refractivity contribution is 0.0387. The molecule has 0 aliphatic carbocycles. The number of ether oxygens (including phenoxy) is 1. The number of carbonyl (C=O) groups excluding carboxylic acids is 1. The van der Waals surface area contributed by atoms with Crippen LogP contribution in [0, 0.1) is 0 Å². The number of urea groups is 1. The zero-order valence-electron chi connectivity index (χ0n) is 14.5. The lowest BCUT2D eigenvalue weighted by Crippen LogP contribution is -2.50. The standard InChI is InChI=1S/C18H28N2O3/c1-13(2)20(12-18(3,4)22)17(21)19-11-14-9-10-23-16-8-6-5-7-15(14)16/h5-8,13-14,22H,9-12H2,1-4H3,(H,19,21)/t14-/m0/s1. The van der Waals surface area contributed by atoms with E-state index in [1.54, 1.807) is 18.7 Å². The van der Waals surface area contributed by atoms with Gasteiger partial charge in [-0.2, -0.15) is 0 Å². The molecule has 2 rings (SSSR count). The lowest BCUT2D eigenvalue weighted by atomic mass is 9.93. The molecule has 2 N–H and O–H groups in total. The summed E-state index contributed by atoms with van der Waals surface area (Å²) in [6, 6.07) is 7.88. The van der Waals surface area contributed by atoms with Gasteiger partial charge in [0.2, 0.25) is 0 Å². The highest BCUT2D eigenvalue weighted by atomic mass is 16.5. The molecule has 0 saturated heterocycles. The molecule has 23 heavy (non-hydrogen) atoms. The largest absolute Gasteiger partial charge is 0.493 e. The molecule has 0 spiro atoms. The molecule has 0 bridgehead atoms. The molecule has 0 fully saturated rings. The van der Waals surface area contributed by atoms with Crippen molar-refractivity contribution >= 4 is 6.03 Å². The zero-order valence-corrected chi connectivity index (χ0v) is 14.5. The number of nitrogens with zero attached hydrogens (tertiary/aromatic N) is 1. The van der Waals surface area contributed by atoms with Crippen molar-refractivity contribution in [3.8, 4) is 5.75 Å². The molecule has 0 unspecified atom stereocenters. The summed E-state index contributed by atoms with van der Waals surface area (Å²) in [7, 11) is 0. The SMILES string of the molecule is CC(C)N(CC(C)(C)O)C(=O)NC[C@@H]1CCOc2ccccc21. The number of carbonyl (C=O) groups is 1. The maximum absolute atomic E-state index is 12.5. The van der Waals surface area contributed by atoms with Crippen LogP contribution in [0.2, 0.25) is 0 Å². The summed E-state index contributed by atoms with van der Waals surface area (Å²) in [5.41, 5.74) is 0.241. The van der Waals surface area contributed by atoms with Crippen LogP contribution in [0.3, 0.4) is 0 Å². The topological polar surface area (TPSA) is 61.8 Å². The van der Waals surface area contributed by atoms with Crippen LogP contribution in [0.1, 0.15) is 45.6 Å². The third-order valence-corrected chi connectivity index (χ3v) is 4.02. The maximum atomic E-state index is 12.5. The van der Waals surface area contributed by atoms with Crippen LogP contribution in [0.5, 0.6) is 5.75 Å². The predicted molar refractivity (Wildman–Crippen MR) is 90.8 cm³/mol. The van der Waals surface area contributed by atoms with E-state index in [1.165, 1.54) is 0 Å². The molecule has 1 atom stereocenters. The van der Waals surface area contributed by atoms with Gasteiger partial charge in [0.25, 0.3) is 0 Å². The van der Waals surface area contributed by atoms with E-state index in [4.69, 9.17) is 4.74 Å². The maximum Gasteiger partial charge on any atom is 0.317 e. The van der Waals surface area contributed by atoms with Gasteiger partial charge in [-0.25, -0.2) is 4.79 Å². The molecule has 5 heteroatoms. The van der Waals surface area contributed by atoms with E-state index in [9.17, 15) is 9.90 Å². The molecule has 1 aliphatic rings. The number of aliphatic hydroxyl groups is 1. The highest BCUT2D eigenvalue weighted by Crippen LogP contribution is 2.32. The van der Waals surface area contributed by atoms with Crippen LogP contribution in [0.15, 0.2) is 24.3 Å². The van der Waals surface area contributed by atoms with E-state index in [-0.39, 0.29) is 18.0 Å². The molecule has 0 saturated carbocycles. The summed E-state index contributed by atoms with van der Waals surface area (Å²) in [5.74, 6) is 1.18. The number of hydrogen-bond acceptors (Lipinski definition) is 3. The minimum atomic E-state index is -0.910. The zero-order chi connectivity index (χ0) is 17.0. The quantitative estimate of drug-likeness (QED) is 0.877. The van der Waals surface area contributed by atoms with Crippen LogP contribution in [0.25, 0.3) is 0 Å². The normalized spacial score (nSPS) is 17.4. The Bertz CT molecular complexity index is 537. The van der Waals surface area contributed by atoms with Crippen molar-refractivity contribution in [1.29, 1.82) is 0 Å². The van der Waals surface area contributed by atoms with Gasteiger partial charge < -0.3 is 20.1 Å². The van der Waals surface area contributed by atoms with Crippen molar-refractivity contribution in [1.82, 2.24) is 10.2 Å². The highest BCUT2D eigenvalue weighted by Gasteiger charge is 2.26. The Kier molecular flexibility index (Phi) is 5.52. The Labute approximate surface area is 138 Å². The number of para-hydroxylation sites is 1. The molecular weight excluding hydrogens is 292 g/mol. The van der Waals surface area contributed by atoms with Crippen LogP contribution >= 0.6 is 0 Å². The summed E-state index contributed by atoms with van der Waals surface area (Å²) >= 11 is 0. The second-order valence-corrected chi connectivity index (χ2v) is 7.09. The van der Waals surface area contributed by atoms with Gasteiger partial charge in [0.05, 0.1) is 18.8 Å². The Balaban J connectivity index is 1.98. The van der Waals surface area contributed by atoms with Crippen molar-refractivity contribution < 1.29 is 14.6 Å². The van der Waals surface area contributed by atoms with Crippen LogP contribution < -0.4 is 10.1 Å². The summed E-state index contributed by atoms with van der Waals surface area (Å²) in [5, 5.41) is 13.0. The molecule has 1 aromatic rings. The molecule has 2 amide bonds. The number of rotatable bonds is 5. The van der Waals surface area contributed by atoms with E-state index in [0.717, 1.165) is 17.7 Å². The van der Waals surface area contributed by atoms with E-state index >= 15 is 0 Å². The van der Waals surface area contributed by atoms with E-state index in [1.807, 2.05) is 32.0 Å². The third-order valence-electron chi connectivity index (χ3n) is 4.02. The second kappa shape index (κ2) is 7.21. The highest BCUT2D eigenvalue weighted by molar-refractivity contribution is 5.74. The first-order valence-corrected chi connectivity index (χ1v) is 8.26. The predicted octanol–water partition coefficient (Wildman–Crippen LogP) is 2.74. The second-order valence-electron chi connectivity index (χ2n) is 7.09. The smallest absolute Gasteiger partial charge is 0.317 e. The van der Waals surface area contributed by atoms with Crippen molar-refractivity contribution in [2.45, 2.75) is 51.7 Å². The van der Waals surface area contributed by atoms with Gasteiger partial charge in [-0.3, -0.25) is 0 Å². The summed E-state index contributed by atoms with van der Waals surface area (Å²) in [6.07, 6.45) is 0.893. The minimum absolute atomic E-state index is 0.0309. The lowest BCUT2D eigenvalue weighted by Gasteiger charge is -2.33. The Morgan fingerprint density at radius 3 is 2.78 bits per heavy atom. The van der Waals surface area contributed by atoms with E-state index in [0.29, 0.717) is 19.7 Å². The van der Waals surface area contributed by atoms with Crippen molar-refractivity contribution in [3.63, 3.8) is 0 Å². The molecule has 5 nitrogen and oxygen atoms in total. The summed E-state index contributed by atoms with van der Waals surface area (Å²) in [6.45, 7) is 8.89. The molecular formula is C18H28N2O3. The first kappa shape index (κ1) is 17.6. The fourth-order valence-electron chi connectivity index (χ4n) is 2.85. The van der Waals surface area contributed by atoms with Crippen LogP contribution in [-0.4, -0.2) is 47.4 Å². The third kappa shape index (κ3) is 4.86. The van der Waals surface area contributed by atoms with E-state index < -0.39 is 5.60 Å². The number of hydrogen-bond donors (Lipinski definition) is 2. The first-order chi connectivity index (χ1) is 10.8. The van der Waals surface area contributed by atoms with Gasteiger partial charge in [-0.05, 0) is 45.7 Å². The van der Waals surface area contributed by atoms with Gasteiger partial charge in [-0.15, -0.1) is 0 Å². The van der Waals surface area contributed by atoms with Gasteiger partial charge >= 0.3 is 6.03 Å². The number of nitrogens with one attached hydrogen (secondary N) is 1. The monoisotopic (exact) mass is 320 g/mol. The fraction of sp³-hybridized carbons (Fsp3) is 0.611. The number of amides is 2. The Morgan fingerprint density at radius 1 is 1.43 bits per heavy atom. The average Bonchev–Trinajstić information content (AvgIpc) is 2.49.